The van der Waals surface area contributed by atoms with Gasteiger partial charge in [0.25, 0.3) is 0 Å². The first-order valence-electron chi connectivity index (χ1n) is 23.5. The van der Waals surface area contributed by atoms with E-state index in [0.29, 0.717) is 44.9 Å². The Kier molecular flexibility index (Phi) is 12.9. The van der Waals surface area contributed by atoms with Gasteiger partial charge in [-0.05, 0) is 76.0 Å². The maximum absolute atomic E-state index is 13.0. The van der Waals surface area contributed by atoms with Crippen LogP contribution < -0.4 is 0 Å². The van der Waals surface area contributed by atoms with Gasteiger partial charge in [0, 0.05) is 30.1 Å². The molecule has 5 heterocycles. The predicted octanol–water partition coefficient (Wildman–Crippen LogP) is -1.56. The van der Waals surface area contributed by atoms with Gasteiger partial charge in [0.05, 0.1) is 49.8 Å². The maximum Gasteiger partial charge on any atom is 0.187 e. The molecule has 3 saturated carbocycles. The van der Waals surface area contributed by atoms with Gasteiger partial charge in [-0.25, -0.2) is 0 Å². The molecular weight excluding hydrogens is 844 g/mol. The van der Waals surface area contributed by atoms with Crippen LogP contribution in [0.2, 0.25) is 0 Å². The lowest BCUT2D eigenvalue weighted by Gasteiger charge is -2.61. The van der Waals surface area contributed by atoms with Gasteiger partial charge in [0.2, 0.25) is 0 Å². The second-order valence-corrected chi connectivity index (χ2v) is 21.3. The van der Waals surface area contributed by atoms with Gasteiger partial charge in [0.1, 0.15) is 66.6 Å². The molecule has 9 rings (SSSR count). The summed E-state index contributed by atoms with van der Waals surface area (Å²) in [6.45, 7) is 8.30. The van der Waals surface area contributed by atoms with Crippen LogP contribution in [0, 0.1) is 34.5 Å². The van der Waals surface area contributed by atoms with Crippen LogP contribution in [-0.2, 0) is 37.9 Å². The molecule has 19 nitrogen and oxygen atoms in total. The maximum atomic E-state index is 13.0. The number of hydrogen-bond acceptors (Lipinski definition) is 19. The molecule has 366 valence electrons. The van der Waals surface area contributed by atoms with E-state index in [1.54, 1.807) is 0 Å². The molecule has 19 heteroatoms. The molecule has 0 aromatic rings. The highest BCUT2D eigenvalue weighted by atomic mass is 16.8. The van der Waals surface area contributed by atoms with Crippen molar-refractivity contribution in [3.05, 3.63) is 11.6 Å². The zero-order valence-electron chi connectivity index (χ0n) is 37.4. The fourth-order valence-electron chi connectivity index (χ4n) is 14.2. The van der Waals surface area contributed by atoms with Crippen molar-refractivity contribution >= 4 is 0 Å². The number of fused-ring (bicyclic) bond motifs is 7. The van der Waals surface area contributed by atoms with E-state index in [9.17, 15) is 56.2 Å². The van der Waals surface area contributed by atoms with Gasteiger partial charge in [-0.3, -0.25) is 0 Å². The van der Waals surface area contributed by atoms with E-state index in [1.807, 2.05) is 0 Å². The summed E-state index contributed by atoms with van der Waals surface area (Å²) in [7, 11) is 0. The monoisotopic (exact) mass is 916 g/mol. The summed E-state index contributed by atoms with van der Waals surface area (Å²) in [4.78, 5) is 0. The van der Waals surface area contributed by atoms with Crippen LogP contribution in [0.3, 0.4) is 0 Å². The molecule has 9 aliphatic rings. The Morgan fingerprint density at radius 2 is 1.30 bits per heavy atom. The number of aliphatic hydroxyl groups is 11. The minimum Gasteiger partial charge on any atom is -0.394 e. The average molecular weight is 917 g/mol. The van der Waals surface area contributed by atoms with Gasteiger partial charge in [0.15, 0.2) is 24.7 Å². The van der Waals surface area contributed by atoms with E-state index in [1.165, 1.54) is 19.4 Å². The smallest absolute Gasteiger partial charge is 0.187 e. The molecule has 0 bridgehead atoms. The van der Waals surface area contributed by atoms with E-state index in [2.05, 4.69) is 26.8 Å². The molecule has 4 aliphatic carbocycles. The molecule has 64 heavy (non-hydrogen) atoms. The minimum atomic E-state index is -1.75. The van der Waals surface area contributed by atoms with Gasteiger partial charge in [-0.15, -0.1) is 0 Å². The molecule has 5 saturated heterocycles. The highest BCUT2D eigenvalue weighted by Gasteiger charge is 2.75. The zero-order chi connectivity index (χ0) is 46.1. The van der Waals surface area contributed by atoms with Crippen molar-refractivity contribution in [2.45, 2.75) is 214 Å². The second kappa shape index (κ2) is 17.1. The molecular formula is C45H72O19. The highest BCUT2D eigenvalue weighted by Crippen LogP contribution is 2.72. The summed E-state index contributed by atoms with van der Waals surface area (Å²) in [5.74, 6) is -0.797. The molecule has 0 aromatic heterocycles. The quantitative estimate of drug-likeness (QED) is 0.117. The molecule has 11 N–H and O–H groups in total. The second-order valence-electron chi connectivity index (χ2n) is 21.3. The van der Waals surface area contributed by atoms with Crippen molar-refractivity contribution in [2.75, 3.05) is 19.8 Å². The highest BCUT2D eigenvalue weighted by molar-refractivity contribution is 5.30. The van der Waals surface area contributed by atoms with E-state index in [-0.39, 0.29) is 48.4 Å². The summed E-state index contributed by atoms with van der Waals surface area (Å²) >= 11 is 0. The Morgan fingerprint density at radius 3 is 1.89 bits per heavy atom. The van der Waals surface area contributed by atoms with Gasteiger partial charge in [-0.1, -0.05) is 32.4 Å². The number of aliphatic hydroxyl groups excluding tert-OH is 10. The normalized spacial score (nSPS) is 56.9. The molecule has 0 radical (unpaired) electrons. The summed E-state index contributed by atoms with van der Waals surface area (Å²) < 4.78 is 49.7. The number of hydrogen-bond donors (Lipinski definition) is 11. The summed E-state index contributed by atoms with van der Waals surface area (Å²) in [5, 5.41) is 119. The van der Waals surface area contributed by atoms with Crippen LogP contribution in [0.4, 0.5) is 0 Å². The topological polar surface area (TPSA) is 296 Å². The Hall–Kier alpha value is -1.02. The van der Waals surface area contributed by atoms with Crippen molar-refractivity contribution in [3.8, 4) is 0 Å². The third kappa shape index (κ3) is 7.25. The lowest BCUT2D eigenvalue weighted by atomic mass is 9.45. The first kappa shape index (κ1) is 48.0. The summed E-state index contributed by atoms with van der Waals surface area (Å²) in [6.07, 6.45) is -14.9. The van der Waals surface area contributed by atoms with E-state index < -0.39 is 127 Å². The fraction of sp³-hybridized carbons (Fsp3) is 0.956. The van der Waals surface area contributed by atoms with Crippen molar-refractivity contribution in [2.24, 2.45) is 34.5 Å². The van der Waals surface area contributed by atoms with Crippen molar-refractivity contribution < 1.29 is 94.1 Å². The third-order valence-electron chi connectivity index (χ3n) is 18.1. The number of rotatable bonds is 9. The first-order chi connectivity index (χ1) is 30.2. The molecule has 1 spiro atoms. The SMILES string of the molecule is CC1OC(OC2C(CO)OC(OC3CCC4(C)C(=CCC5C4CCC4(C)C6C(CC54O)OC4(CCC(CO)(CO)O4)C6C)C3)C(OC3OC(C)C(O)C(O)C3O)C2O)C(O)C(O)C1O. The van der Waals surface area contributed by atoms with E-state index in [4.69, 9.17) is 37.9 Å². The largest absolute Gasteiger partial charge is 0.394 e. The average Bonchev–Trinajstić information content (AvgIpc) is 3.86. The summed E-state index contributed by atoms with van der Waals surface area (Å²) in [5.41, 5.74) is -1.56. The van der Waals surface area contributed by atoms with Crippen LogP contribution in [0.5, 0.6) is 0 Å². The Labute approximate surface area is 373 Å². The third-order valence-corrected chi connectivity index (χ3v) is 18.1. The Balaban J connectivity index is 0.926. The standard InChI is InChI=1S/C45H72O19/c1-19-28-26(63-45(19)13-12-43(17-47,18-48)64-45)15-44(56)25-7-6-22-14-23(8-10-41(22,4)24(25)9-11-42(28,44)5)59-40-37(62-39-34(54)32(52)30(50)21(3)58-39)35(55)36(27(16-46)60-40)61-38-33(53)31(51)29(49)20(2)57-38/h6,19-21,23-40,46-56H,7-18H2,1-5H3. The van der Waals surface area contributed by atoms with Gasteiger partial charge >= 0.3 is 0 Å². The van der Waals surface area contributed by atoms with Crippen LogP contribution in [-0.4, -0.2) is 197 Å². The predicted molar refractivity (Wildman–Crippen MR) is 217 cm³/mol. The zero-order valence-corrected chi connectivity index (χ0v) is 37.4. The molecule has 0 amide bonds. The van der Waals surface area contributed by atoms with E-state index in [0.717, 1.165) is 12.8 Å². The van der Waals surface area contributed by atoms with Crippen LogP contribution in [0.1, 0.15) is 92.4 Å². The van der Waals surface area contributed by atoms with Crippen LogP contribution in [0.15, 0.2) is 11.6 Å². The molecule has 8 fully saturated rings. The van der Waals surface area contributed by atoms with E-state index >= 15 is 0 Å². The molecule has 5 aliphatic heterocycles. The van der Waals surface area contributed by atoms with Crippen molar-refractivity contribution in [1.82, 2.24) is 0 Å². The Bertz CT molecular complexity index is 1720. The lowest BCUT2D eigenvalue weighted by Crippen LogP contribution is -2.66. The molecule has 25 unspecified atom stereocenters. The van der Waals surface area contributed by atoms with Crippen LogP contribution in [0.25, 0.3) is 0 Å². The minimum absolute atomic E-state index is 0.0256. The Morgan fingerprint density at radius 1 is 0.672 bits per heavy atom. The number of ether oxygens (including phenoxy) is 8. The summed E-state index contributed by atoms with van der Waals surface area (Å²) in [6, 6.07) is 0. The number of allylic oxidation sites excluding steroid dienone is 1. The fourth-order valence-corrected chi connectivity index (χ4v) is 14.2. The van der Waals surface area contributed by atoms with Crippen molar-refractivity contribution in [3.63, 3.8) is 0 Å². The molecule has 0 aromatic carbocycles. The first-order valence-corrected chi connectivity index (χ1v) is 23.5. The van der Waals surface area contributed by atoms with Gasteiger partial charge in [-0.2, -0.15) is 0 Å². The lowest BCUT2D eigenvalue weighted by molar-refractivity contribution is -0.388. The van der Waals surface area contributed by atoms with Crippen molar-refractivity contribution in [1.29, 1.82) is 0 Å². The molecule has 25 atom stereocenters. The van der Waals surface area contributed by atoms with Crippen LogP contribution >= 0.6 is 0 Å². The van der Waals surface area contributed by atoms with Gasteiger partial charge < -0.3 is 94.1 Å².